The third-order valence-corrected chi connectivity index (χ3v) is 5.47. The standard InChI is InChI=1S/C23H24N2O5/c1-23(2)16-10-9-13(14-7-5-6-8-17(14)25(3)4)11-15(16)20(28)19(21(23)29)22(30)24-12-18(26)27/h5-11,19H,12H2,1-4H3,(H,24,30)(H,26,27). The predicted molar refractivity (Wildman–Crippen MR) is 113 cm³/mol. The summed E-state index contributed by atoms with van der Waals surface area (Å²) in [5.41, 5.74) is 2.48. The zero-order valence-corrected chi connectivity index (χ0v) is 17.4. The highest BCUT2D eigenvalue weighted by atomic mass is 16.4. The number of fused-ring (bicyclic) bond motifs is 1. The highest BCUT2D eigenvalue weighted by Gasteiger charge is 2.49. The lowest BCUT2D eigenvalue weighted by atomic mass is 9.66. The van der Waals surface area contributed by atoms with Gasteiger partial charge in [-0.15, -0.1) is 0 Å². The van der Waals surface area contributed by atoms with Gasteiger partial charge in [-0.2, -0.15) is 0 Å². The van der Waals surface area contributed by atoms with Crippen LogP contribution in [0.3, 0.4) is 0 Å². The van der Waals surface area contributed by atoms with Crippen molar-refractivity contribution >= 4 is 29.1 Å². The summed E-state index contributed by atoms with van der Waals surface area (Å²) >= 11 is 0. The second kappa shape index (κ2) is 7.74. The molecule has 1 amide bonds. The van der Waals surface area contributed by atoms with E-state index in [2.05, 4.69) is 5.32 Å². The minimum atomic E-state index is -1.56. The second-order valence-electron chi connectivity index (χ2n) is 8.07. The lowest BCUT2D eigenvalue weighted by molar-refractivity contribution is -0.140. The molecule has 1 aliphatic rings. The Labute approximate surface area is 174 Å². The van der Waals surface area contributed by atoms with Crippen LogP contribution in [0, 0.1) is 5.92 Å². The molecule has 0 radical (unpaired) electrons. The van der Waals surface area contributed by atoms with Gasteiger partial charge in [0.15, 0.2) is 17.5 Å². The Bertz CT molecular complexity index is 1060. The maximum absolute atomic E-state index is 13.2. The van der Waals surface area contributed by atoms with Crippen molar-refractivity contribution in [3.05, 3.63) is 53.6 Å². The van der Waals surface area contributed by atoms with Gasteiger partial charge in [-0.25, -0.2) is 0 Å². The molecule has 3 rings (SSSR count). The fourth-order valence-electron chi connectivity index (χ4n) is 3.84. The summed E-state index contributed by atoms with van der Waals surface area (Å²) in [6.07, 6.45) is 0. The van der Waals surface area contributed by atoms with E-state index >= 15 is 0 Å². The maximum atomic E-state index is 13.2. The first kappa shape index (κ1) is 21.2. The lowest BCUT2D eigenvalue weighted by Crippen LogP contribution is -2.51. The zero-order valence-electron chi connectivity index (χ0n) is 17.4. The van der Waals surface area contributed by atoms with Crippen molar-refractivity contribution in [3.8, 4) is 11.1 Å². The molecule has 1 atom stereocenters. The zero-order chi connectivity index (χ0) is 22.2. The predicted octanol–water partition coefficient (Wildman–Crippen LogP) is 2.28. The molecule has 2 N–H and O–H groups in total. The Morgan fingerprint density at radius 3 is 2.37 bits per heavy atom. The summed E-state index contributed by atoms with van der Waals surface area (Å²) in [6.45, 7) is 2.69. The number of nitrogens with one attached hydrogen (secondary N) is 1. The molecule has 0 heterocycles. The Hall–Kier alpha value is -3.48. The first-order valence-corrected chi connectivity index (χ1v) is 9.55. The van der Waals surface area contributed by atoms with E-state index in [0.717, 1.165) is 16.8 Å². The molecule has 0 saturated carbocycles. The molecule has 2 aromatic rings. The van der Waals surface area contributed by atoms with Crippen LogP contribution in [0.25, 0.3) is 11.1 Å². The van der Waals surface area contributed by atoms with E-state index in [0.29, 0.717) is 11.1 Å². The second-order valence-corrected chi connectivity index (χ2v) is 8.07. The van der Waals surface area contributed by atoms with E-state index in [4.69, 9.17) is 5.11 Å². The number of aliphatic carboxylic acids is 1. The van der Waals surface area contributed by atoms with Gasteiger partial charge in [0.05, 0.1) is 5.41 Å². The van der Waals surface area contributed by atoms with Gasteiger partial charge in [0.1, 0.15) is 6.54 Å². The molecule has 0 spiro atoms. The molecule has 1 unspecified atom stereocenters. The van der Waals surface area contributed by atoms with Crippen LogP contribution < -0.4 is 10.2 Å². The number of carbonyl (C=O) groups excluding carboxylic acids is 3. The van der Waals surface area contributed by atoms with Crippen LogP contribution in [-0.4, -0.2) is 49.2 Å². The van der Waals surface area contributed by atoms with E-state index in [1.807, 2.05) is 49.3 Å². The largest absolute Gasteiger partial charge is 0.480 e. The topological polar surface area (TPSA) is 104 Å². The minimum absolute atomic E-state index is 0.307. The van der Waals surface area contributed by atoms with Crippen LogP contribution in [0.5, 0.6) is 0 Å². The number of rotatable bonds is 5. The smallest absolute Gasteiger partial charge is 0.322 e. The molecule has 0 aromatic heterocycles. The van der Waals surface area contributed by atoms with Crippen molar-refractivity contribution in [2.24, 2.45) is 5.92 Å². The number of carbonyl (C=O) groups is 4. The molecule has 30 heavy (non-hydrogen) atoms. The number of benzene rings is 2. The Morgan fingerprint density at radius 2 is 1.73 bits per heavy atom. The van der Waals surface area contributed by atoms with Crippen LogP contribution in [0.1, 0.15) is 29.8 Å². The van der Waals surface area contributed by atoms with Gasteiger partial charge >= 0.3 is 5.97 Å². The van der Waals surface area contributed by atoms with Crippen molar-refractivity contribution < 1.29 is 24.3 Å². The number of para-hydroxylation sites is 1. The molecule has 0 bridgehead atoms. The quantitative estimate of drug-likeness (QED) is 0.736. The molecule has 0 aliphatic heterocycles. The average molecular weight is 408 g/mol. The summed E-state index contributed by atoms with van der Waals surface area (Å²) < 4.78 is 0. The number of ketones is 2. The maximum Gasteiger partial charge on any atom is 0.322 e. The van der Waals surface area contributed by atoms with E-state index < -0.39 is 41.3 Å². The van der Waals surface area contributed by atoms with E-state index in [1.165, 1.54) is 0 Å². The molecular weight excluding hydrogens is 384 g/mol. The monoisotopic (exact) mass is 408 g/mol. The lowest BCUT2D eigenvalue weighted by Gasteiger charge is -2.34. The third-order valence-electron chi connectivity index (χ3n) is 5.47. The van der Waals surface area contributed by atoms with Gasteiger partial charge in [0.25, 0.3) is 0 Å². The van der Waals surface area contributed by atoms with Crippen LogP contribution in [0.2, 0.25) is 0 Å². The van der Waals surface area contributed by atoms with Crippen LogP contribution in [0.15, 0.2) is 42.5 Å². The number of Topliss-reactive ketones (excluding diaryl/α,β-unsaturated/α-hetero) is 2. The number of anilines is 1. The highest BCUT2D eigenvalue weighted by molar-refractivity contribution is 6.29. The van der Waals surface area contributed by atoms with Gasteiger partial charge in [0.2, 0.25) is 5.91 Å². The van der Waals surface area contributed by atoms with E-state index in [-0.39, 0.29) is 0 Å². The van der Waals surface area contributed by atoms with Gasteiger partial charge in [-0.05, 0) is 37.1 Å². The Kier molecular flexibility index (Phi) is 5.48. The Balaban J connectivity index is 2.10. The molecule has 156 valence electrons. The number of carboxylic acid groups (broad SMARTS) is 1. The first-order chi connectivity index (χ1) is 14.1. The fourth-order valence-corrected chi connectivity index (χ4v) is 3.84. The molecule has 0 saturated heterocycles. The number of carboxylic acids is 1. The van der Waals surface area contributed by atoms with E-state index in [1.54, 1.807) is 26.0 Å². The van der Waals surface area contributed by atoms with Gasteiger partial charge in [-0.3, -0.25) is 19.2 Å². The van der Waals surface area contributed by atoms with Crippen molar-refractivity contribution in [1.82, 2.24) is 5.32 Å². The number of amides is 1. The molecule has 0 fully saturated rings. The fraction of sp³-hybridized carbons (Fsp3) is 0.304. The number of nitrogens with zero attached hydrogens (tertiary/aromatic N) is 1. The summed E-state index contributed by atoms with van der Waals surface area (Å²) in [7, 11) is 3.85. The SMILES string of the molecule is CN(C)c1ccccc1-c1ccc2c(c1)C(=O)C(C(=O)NCC(=O)O)C(=O)C2(C)C. The third kappa shape index (κ3) is 3.58. The normalized spacial score (nSPS) is 17.3. The van der Waals surface area contributed by atoms with Crippen LogP contribution in [0.4, 0.5) is 5.69 Å². The highest BCUT2D eigenvalue weighted by Crippen LogP contribution is 2.40. The summed E-state index contributed by atoms with van der Waals surface area (Å²) in [6, 6.07) is 13.1. The first-order valence-electron chi connectivity index (χ1n) is 9.55. The van der Waals surface area contributed by atoms with Crippen LogP contribution >= 0.6 is 0 Å². The number of hydrogen-bond donors (Lipinski definition) is 2. The summed E-state index contributed by atoms with van der Waals surface area (Å²) in [5, 5.41) is 11.0. The minimum Gasteiger partial charge on any atom is -0.480 e. The summed E-state index contributed by atoms with van der Waals surface area (Å²) in [5.74, 6) is -4.84. The molecule has 7 nitrogen and oxygen atoms in total. The number of hydrogen-bond acceptors (Lipinski definition) is 5. The molecule has 2 aromatic carbocycles. The van der Waals surface area contributed by atoms with Crippen molar-refractivity contribution in [3.63, 3.8) is 0 Å². The van der Waals surface area contributed by atoms with Crippen molar-refractivity contribution in [1.29, 1.82) is 0 Å². The van der Waals surface area contributed by atoms with E-state index in [9.17, 15) is 19.2 Å². The average Bonchev–Trinajstić information content (AvgIpc) is 2.70. The van der Waals surface area contributed by atoms with Crippen molar-refractivity contribution in [2.75, 3.05) is 25.5 Å². The molecule has 1 aliphatic carbocycles. The van der Waals surface area contributed by atoms with Crippen LogP contribution in [-0.2, 0) is 19.8 Å². The van der Waals surface area contributed by atoms with Crippen molar-refractivity contribution in [2.45, 2.75) is 19.3 Å². The molecular formula is C23H24N2O5. The molecule has 7 heteroatoms. The van der Waals surface area contributed by atoms with Gasteiger partial charge < -0.3 is 15.3 Å². The summed E-state index contributed by atoms with van der Waals surface area (Å²) in [4.78, 5) is 51.4. The van der Waals surface area contributed by atoms with Gasteiger partial charge in [-0.1, -0.05) is 30.3 Å². The van der Waals surface area contributed by atoms with Gasteiger partial charge in [0, 0.05) is 30.9 Å². The Morgan fingerprint density at radius 1 is 1.07 bits per heavy atom.